The van der Waals surface area contributed by atoms with Crippen molar-refractivity contribution in [1.82, 2.24) is 0 Å². The summed E-state index contributed by atoms with van der Waals surface area (Å²) < 4.78 is 0. The van der Waals surface area contributed by atoms with Crippen molar-refractivity contribution in [2.24, 2.45) is 0 Å². The molecule has 6 aromatic carbocycles. The molecule has 0 atom stereocenters. The summed E-state index contributed by atoms with van der Waals surface area (Å²) in [5.74, 6) is 0. The largest absolute Gasteiger partial charge is 0.311 e. The first kappa shape index (κ1) is 26.0. The van der Waals surface area contributed by atoms with E-state index in [0.29, 0.717) is 0 Å². The predicted octanol–water partition coefficient (Wildman–Crippen LogP) is 8.49. The van der Waals surface area contributed by atoms with E-state index in [-0.39, 0.29) is 6.71 Å². The van der Waals surface area contributed by atoms with Crippen LogP contribution in [0.3, 0.4) is 0 Å². The molecule has 6 aromatic rings. The number of rotatable bonds is 4. The molecule has 43 heavy (non-hydrogen) atoms. The minimum absolute atomic E-state index is 0.137. The van der Waals surface area contributed by atoms with Gasteiger partial charge in [0.15, 0.2) is 0 Å². The predicted molar refractivity (Wildman–Crippen MR) is 190 cm³/mol. The molecule has 0 aromatic heterocycles. The smallest absolute Gasteiger partial charge is 0.252 e. The lowest BCUT2D eigenvalue weighted by molar-refractivity contribution is 1.25. The van der Waals surface area contributed by atoms with E-state index in [1.165, 1.54) is 66.5 Å². The minimum atomic E-state index is -0.800. The average molecular weight is 573 g/mol. The van der Waals surface area contributed by atoms with E-state index in [4.69, 9.17) is 0 Å². The third kappa shape index (κ3) is 4.20. The highest BCUT2D eigenvalue weighted by molar-refractivity contribution is 8.32. The van der Waals surface area contributed by atoms with Gasteiger partial charge in [0.25, 0.3) is 6.71 Å². The maximum absolute atomic E-state index is 2.47. The third-order valence-electron chi connectivity index (χ3n) is 8.81. The molecule has 0 N–H and O–H groups in total. The summed E-state index contributed by atoms with van der Waals surface area (Å²) in [6.07, 6.45) is 7.07. The average Bonchev–Trinajstić information content (AvgIpc) is 3.05. The minimum Gasteiger partial charge on any atom is -0.311 e. The standard InChI is InChI=1S/C39H33BN2S/c1-43(2,3)32-24-22-28(23-25-32)29-26-37-39-38(27-29)42(31-16-8-5-9-17-31)36-21-13-11-19-34(36)40(39)33-18-10-12-20-35(33)41(37)30-14-6-4-7-15-30/h4-27H,1-3H3. The highest BCUT2D eigenvalue weighted by Crippen LogP contribution is 2.47. The molecule has 2 aliphatic heterocycles. The van der Waals surface area contributed by atoms with Crippen molar-refractivity contribution in [1.29, 1.82) is 0 Å². The number of nitrogens with zero attached hydrogens (tertiary/aromatic N) is 2. The Labute approximate surface area is 256 Å². The second-order valence-electron chi connectivity index (χ2n) is 12.2. The van der Waals surface area contributed by atoms with Crippen LogP contribution in [0.1, 0.15) is 0 Å². The molecule has 0 aliphatic carbocycles. The fraction of sp³-hybridized carbons (Fsp3) is 0.0769. The first-order valence-corrected chi connectivity index (χ1v) is 17.7. The van der Waals surface area contributed by atoms with E-state index in [0.717, 1.165) is 0 Å². The van der Waals surface area contributed by atoms with Gasteiger partial charge in [0, 0.05) is 34.1 Å². The summed E-state index contributed by atoms with van der Waals surface area (Å²) in [7, 11) is -0.800. The van der Waals surface area contributed by atoms with Gasteiger partial charge in [0.1, 0.15) is 0 Å². The van der Waals surface area contributed by atoms with Crippen LogP contribution in [-0.4, -0.2) is 25.5 Å². The summed E-state index contributed by atoms with van der Waals surface area (Å²) >= 11 is 0. The zero-order chi connectivity index (χ0) is 29.1. The summed E-state index contributed by atoms with van der Waals surface area (Å²) in [5.41, 5.74) is 13.8. The first-order valence-electron chi connectivity index (χ1n) is 14.8. The molecule has 0 saturated carbocycles. The van der Waals surface area contributed by atoms with Crippen molar-refractivity contribution in [3.8, 4) is 11.1 Å². The number of anilines is 6. The topological polar surface area (TPSA) is 6.48 Å². The molecule has 2 nitrogen and oxygen atoms in total. The van der Waals surface area contributed by atoms with E-state index in [9.17, 15) is 0 Å². The molecule has 0 radical (unpaired) electrons. The normalized spacial score (nSPS) is 13.7. The molecule has 0 saturated heterocycles. The number of hydrogen-bond donors (Lipinski definition) is 0. The first-order chi connectivity index (χ1) is 21.0. The number of benzene rings is 6. The fourth-order valence-electron chi connectivity index (χ4n) is 6.83. The van der Waals surface area contributed by atoms with Crippen molar-refractivity contribution >= 4 is 67.3 Å². The van der Waals surface area contributed by atoms with Crippen molar-refractivity contribution in [3.63, 3.8) is 0 Å². The monoisotopic (exact) mass is 572 g/mol. The van der Waals surface area contributed by atoms with Crippen LogP contribution in [0.5, 0.6) is 0 Å². The van der Waals surface area contributed by atoms with Crippen LogP contribution in [0, 0.1) is 0 Å². The SMILES string of the molecule is CS(C)(C)c1ccc(-c2cc3c4c(c2)N(c2ccccc2)c2ccccc2B4c2ccccc2N3c2ccccc2)cc1. The number of hydrogen-bond acceptors (Lipinski definition) is 2. The zero-order valence-corrected chi connectivity index (χ0v) is 25.6. The molecule has 0 amide bonds. The highest BCUT2D eigenvalue weighted by atomic mass is 32.3. The van der Waals surface area contributed by atoms with Gasteiger partial charge in [-0.15, -0.1) is 0 Å². The molecule has 0 unspecified atom stereocenters. The van der Waals surface area contributed by atoms with Crippen LogP contribution in [0.25, 0.3) is 11.1 Å². The van der Waals surface area contributed by atoms with Gasteiger partial charge in [-0.25, -0.2) is 10.0 Å². The molecular formula is C39H33BN2S. The lowest BCUT2D eigenvalue weighted by Gasteiger charge is -2.44. The summed E-state index contributed by atoms with van der Waals surface area (Å²) in [5, 5.41) is 0. The molecule has 2 heterocycles. The van der Waals surface area contributed by atoms with Gasteiger partial charge >= 0.3 is 0 Å². The van der Waals surface area contributed by atoms with Gasteiger partial charge in [-0.3, -0.25) is 0 Å². The Morgan fingerprint density at radius 3 is 1.35 bits per heavy atom. The summed E-state index contributed by atoms with van der Waals surface area (Å²) in [4.78, 5) is 6.37. The molecule has 4 heteroatoms. The van der Waals surface area contributed by atoms with Crippen molar-refractivity contribution in [2.45, 2.75) is 4.90 Å². The number of para-hydroxylation sites is 4. The van der Waals surface area contributed by atoms with Crippen LogP contribution in [-0.2, 0) is 0 Å². The maximum atomic E-state index is 2.47. The van der Waals surface area contributed by atoms with E-state index in [2.05, 4.69) is 174 Å². The molecular weight excluding hydrogens is 539 g/mol. The van der Waals surface area contributed by atoms with Crippen LogP contribution < -0.4 is 26.2 Å². The second kappa shape index (κ2) is 9.96. The molecule has 0 bridgehead atoms. The van der Waals surface area contributed by atoms with Gasteiger partial charge in [-0.05, 0) is 112 Å². The van der Waals surface area contributed by atoms with E-state index in [1.54, 1.807) is 0 Å². The lowest BCUT2D eigenvalue weighted by Crippen LogP contribution is -2.61. The van der Waals surface area contributed by atoms with Gasteiger partial charge in [-0.1, -0.05) is 84.9 Å². The quantitative estimate of drug-likeness (QED) is 0.195. The van der Waals surface area contributed by atoms with Gasteiger partial charge in [-0.2, -0.15) is 0 Å². The molecule has 8 rings (SSSR count). The highest BCUT2D eigenvalue weighted by Gasteiger charge is 2.43. The summed E-state index contributed by atoms with van der Waals surface area (Å²) in [6, 6.07) is 53.7. The van der Waals surface area contributed by atoms with Crippen molar-refractivity contribution in [2.75, 3.05) is 28.6 Å². The Morgan fingerprint density at radius 2 is 0.884 bits per heavy atom. The Morgan fingerprint density at radius 1 is 0.442 bits per heavy atom. The summed E-state index contributed by atoms with van der Waals surface area (Å²) in [6.45, 7) is 0.137. The van der Waals surface area contributed by atoms with Crippen LogP contribution in [0.4, 0.5) is 34.1 Å². The third-order valence-corrected chi connectivity index (χ3v) is 10.5. The van der Waals surface area contributed by atoms with Crippen LogP contribution in [0.2, 0.25) is 0 Å². The molecule has 0 spiro atoms. The molecule has 0 fully saturated rings. The Kier molecular flexibility index (Phi) is 6.02. The fourth-order valence-corrected chi connectivity index (χ4v) is 7.78. The Bertz CT molecular complexity index is 1850. The van der Waals surface area contributed by atoms with Gasteiger partial charge in [0.05, 0.1) is 0 Å². The van der Waals surface area contributed by atoms with Gasteiger partial charge < -0.3 is 9.80 Å². The Hall–Kier alpha value is -4.67. The lowest BCUT2D eigenvalue weighted by atomic mass is 9.33. The Balaban J connectivity index is 1.46. The van der Waals surface area contributed by atoms with Crippen LogP contribution >= 0.6 is 10.0 Å². The van der Waals surface area contributed by atoms with E-state index >= 15 is 0 Å². The van der Waals surface area contributed by atoms with Crippen molar-refractivity contribution < 1.29 is 0 Å². The van der Waals surface area contributed by atoms with E-state index in [1.807, 2.05) is 0 Å². The van der Waals surface area contributed by atoms with Crippen LogP contribution in [0.15, 0.2) is 150 Å². The van der Waals surface area contributed by atoms with E-state index < -0.39 is 10.0 Å². The second-order valence-corrected chi connectivity index (χ2v) is 16.3. The zero-order valence-electron chi connectivity index (χ0n) is 24.7. The molecule has 2 aliphatic rings. The van der Waals surface area contributed by atoms with Gasteiger partial charge in [0.2, 0.25) is 0 Å². The maximum Gasteiger partial charge on any atom is 0.252 e. The number of fused-ring (bicyclic) bond motifs is 4. The molecule has 208 valence electrons. The van der Waals surface area contributed by atoms with Crippen molar-refractivity contribution in [3.05, 3.63) is 146 Å².